The maximum absolute atomic E-state index is 13.6. The van der Waals surface area contributed by atoms with Crippen molar-refractivity contribution in [2.75, 3.05) is 0 Å². The Morgan fingerprint density at radius 3 is 2.50 bits per heavy atom. The Bertz CT molecular complexity index is 1150. The van der Waals surface area contributed by atoms with E-state index < -0.39 is 6.30 Å². The summed E-state index contributed by atoms with van der Waals surface area (Å²) in [6.07, 6.45) is 1.58. The maximum atomic E-state index is 13.6. The Morgan fingerprint density at radius 2 is 1.70 bits per heavy atom. The van der Waals surface area contributed by atoms with Gasteiger partial charge in [0.2, 0.25) is 0 Å². The summed E-state index contributed by atoms with van der Waals surface area (Å²) in [6.45, 7) is 5.56. The molecule has 154 valence electrons. The van der Waals surface area contributed by atoms with E-state index in [0.29, 0.717) is 6.42 Å². The zero-order chi connectivity index (χ0) is 21.1. The largest absolute Gasteiger partial charge is 0.457 e. The Hall–Kier alpha value is -3.11. The van der Waals surface area contributed by atoms with Crippen molar-refractivity contribution in [2.24, 2.45) is 0 Å². The van der Waals surface area contributed by atoms with Crippen LogP contribution in [0.5, 0.6) is 11.5 Å². The minimum Gasteiger partial charge on any atom is -0.457 e. The number of ether oxygens (including phenoxy) is 1. The number of benzene rings is 3. The molecule has 0 saturated heterocycles. The average Bonchev–Trinajstić information content (AvgIpc) is 3.20. The predicted molar refractivity (Wildman–Crippen MR) is 121 cm³/mol. The smallest absolute Gasteiger partial charge is 0.148 e. The molecule has 0 aliphatic carbocycles. The Morgan fingerprint density at radius 1 is 0.933 bits per heavy atom. The van der Waals surface area contributed by atoms with Crippen LogP contribution in [0.15, 0.2) is 72.9 Å². The normalized spacial score (nSPS) is 13.3. The molecule has 0 bridgehead atoms. The van der Waals surface area contributed by atoms with Crippen molar-refractivity contribution in [2.45, 2.75) is 39.5 Å². The van der Waals surface area contributed by atoms with Gasteiger partial charge in [-0.2, -0.15) is 0 Å². The van der Waals surface area contributed by atoms with Gasteiger partial charge in [-0.25, -0.2) is 4.39 Å². The molecule has 4 heteroatoms. The summed E-state index contributed by atoms with van der Waals surface area (Å²) in [5, 5.41) is 4.11. The Balaban J connectivity index is 1.76. The number of para-hydroxylation sites is 1. The fraction of sp³-hybridized carbons (Fsp3) is 0.231. The molecular weight excluding hydrogens is 375 g/mol. The van der Waals surface area contributed by atoms with Crippen LogP contribution >= 0.6 is 0 Å². The van der Waals surface area contributed by atoms with Gasteiger partial charge in [0.05, 0.1) is 0 Å². The van der Waals surface area contributed by atoms with Crippen molar-refractivity contribution in [3.05, 3.63) is 95.2 Å². The number of hydrogen-bond donors (Lipinski definition) is 2. The second-order valence-corrected chi connectivity index (χ2v) is 7.73. The number of rotatable bonds is 7. The van der Waals surface area contributed by atoms with Crippen LogP contribution in [0.1, 0.15) is 42.1 Å². The zero-order valence-electron chi connectivity index (χ0n) is 17.6. The number of nitrogens with one attached hydrogen (secondary N) is 2. The number of alkyl halides is 1. The van der Waals surface area contributed by atoms with E-state index >= 15 is 0 Å². The highest BCUT2D eigenvalue weighted by molar-refractivity contribution is 5.86. The summed E-state index contributed by atoms with van der Waals surface area (Å²) in [7, 11) is 0. The molecule has 4 aromatic rings. The number of aromatic amines is 1. The van der Waals surface area contributed by atoms with Gasteiger partial charge in [-0.3, -0.25) is 5.32 Å². The lowest BCUT2D eigenvalue weighted by Crippen LogP contribution is -2.25. The first-order valence-corrected chi connectivity index (χ1v) is 10.3. The SMILES string of the molecule is Cc1ccccc1Oc1ccc2[nH]ccc2c1Cc1ccccc1C(C)NC(C)F. The monoisotopic (exact) mass is 402 g/mol. The van der Waals surface area contributed by atoms with Crippen LogP contribution in [0, 0.1) is 6.92 Å². The van der Waals surface area contributed by atoms with Gasteiger partial charge in [0.25, 0.3) is 0 Å². The van der Waals surface area contributed by atoms with Crippen LogP contribution in [0.3, 0.4) is 0 Å². The van der Waals surface area contributed by atoms with Gasteiger partial charge in [-0.1, -0.05) is 42.5 Å². The molecule has 1 aromatic heterocycles. The Kier molecular flexibility index (Phi) is 5.86. The van der Waals surface area contributed by atoms with Crippen LogP contribution < -0.4 is 10.1 Å². The molecule has 0 amide bonds. The van der Waals surface area contributed by atoms with E-state index in [1.54, 1.807) is 0 Å². The molecule has 0 aliphatic heterocycles. The van der Waals surface area contributed by atoms with E-state index in [4.69, 9.17) is 4.74 Å². The highest BCUT2D eigenvalue weighted by Crippen LogP contribution is 2.35. The van der Waals surface area contributed by atoms with E-state index in [9.17, 15) is 4.39 Å². The van der Waals surface area contributed by atoms with Crippen molar-refractivity contribution in [3.8, 4) is 11.5 Å². The van der Waals surface area contributed by atoms with Crippen LogP contribution in [-0.2, 0) is 6.42 Å². The molecule has 30 heavy (non-hydrogen) atoms. The van der Waals surface area contributed by atoms with Crippen LogP contribution in [-0.4, -0.2) is 11.3 Å². The zero-order valence-corrected chi connectivity index (χ0v) is 17.6. The lowest BCUT2D eigenvalue weighted by Gasteiger charge is -2.20. The van der Waals surface area contributed by atoms with Crippen molar-refractivity contribution in [3.63, 3.8) is 0 Å². The van der Waals surface area contributed by atoms with E-state index in [2.05, 4.69) is 28.5 Å². The van der Waals surface area contributed by atoms with Crippen molar-refractivity contribution < 1.29 is 9.13 Å². The highest BCUT2D eigenvalue weighted by Gasteiger charge is 2.17. The van der Waals surface area contributed by atoms with Gasteiger partial charge in [-0.05, 0) is 61.7 Å². The Labute approximate surface area is 176 Å². The molecule has 0 spiro atoms. The van der Waals surface area contributed by atoms with Gasteiger partial charge in [0, 0.05) is 35.1 Å². The van der Waals surface area contributed by atoms with Gasteiger partial charge < -0.3 is 9.72 Å². The molecule has 2 unspecified atom stereocenters. The number of aromatic nitrogens is 1. The molecular formula is C26H27FN2O. The van der Waals surface area contributed by atoms with Crippen LogP contribution in [0.25, 0.3) is 10.9 Å². The van der Waals surface area contributed by atoms with Gasteiger partial charge in [-0.15, -0.1) is 0 Å². The molecule has 1 heterocycles. The minimum absolute atomic E-state index is 0.0904. The van der Waals surface area contributed by atoms with E-state index in [1.807, 2.05) is 68.6 Å². The van der Waals surface area contributed by atoms with E-state index in [0.717, 1.165) is 44.7 Å². The maximum Gasteiger partial charge on any atom is 0.148 e. The topological polar surface area (TPSA) is 37.0 Å². The molecule has 0 aliphatic rings. The lowest BCUT2D eigenvalue weighted by molar-refractivity contribution is 0.274. The van der Waals surface area contributed by atoms with Gasteiger partial charge in [0.15, 0.2) is 0 Å². The van der Waals surface area contributed by atoms with E-state index in [-0.39, 0.29) is 6.04 Å². The number of halogens is 1. The number of H-pyrrole nitrogens is 1. The fourth-order valence-electron chi connectivity index (χ4n) is 3.99. The third kappa shape index (κ3) is 4.24. The molecule has 3 nitrogen and oxygen atoms in total. The second-order valence-electron chi connectivity index (χ2n) is 7.73. The fourth-order valence-corrected chi connectivity index (χ4v) is 3.99. The summed E-state index contributed by atoms with van der Waals surface area (Å²) in [5.41, 5.74) is 5.53. The lowest BCUT2D eigenvalue weighted by atomic mass is 9.94. The molecule has 4 rings (SSSR count). The standard InChI is InChI=1S/C26H27FN2O/c1-17-8-4-7-11-25(17)30-26-13-12-24-22(14-15-28-24)23(26)16-20-9-5-6-10-21(20)18(2)29-19(3)27/h4-15,18-19,28-29H,16H2,1-3H3. The summed E-state index contributed by atoms with van der Waals surface area (Å²) in [4.78, 5) is 3.29. The highest BCUT2D eigenvalue weighted by atomic mass is 19.1. The number of fused-ring (bicyclic) bond motifs is 1. The summed E-state index contributed by atoms with van der Waals surface area (Å²) >= 11 is 0. The number of hydrogen-bond acceptors (Lipinski definition) is 2. The summed E-state index contributed by atoms with van der Waals surface area (Å²) < 4.78 is 19.9. The first-order valence-electron chi connectivity index (χ1n) is 10.3. The average molecular weight is 403 g/mol. The predicted octanol–water partition coefficient (Wildman–Crippen LogP) is 6.83. The van der Waals surface area contributed by atoms with Crippen LogP contribution in [0.4, 0.5) is 4.39 Å². The third-order valence-electron chi connectivity index (χ3n) is 5.48. The molecule has 3 aromatic carbocycles. The van der Waals surface area contributed by atoms with Gasteiger partial charge >= 0.3 is 0 Å². The first-order chi connectivity index (χ1) is 14.5. The summed E-state index contributed by atoms with van der Waals surface area (Å²) in [5.74, 6) is 1.69. The molecule has 2 N–H and O–H groups in total. The molecule has 0 saturated carbocycles. The van der Waals surface area contributed by atoms with E-state index in [1.165, 1.54) is 6.92 Å². The van der Waals surface area contributed by atoms with Crippen molar-refractivity contribution in [1.29, 1.82) is 0 Å². The van der Waals surface area contributed by atoms with Crippen molar-refractivity contribution in [1.82, 2.24) is 10.3 Å². The molecule has 2 atom stereocenters. The second kappa shape index (κ2) is 8.72. The van der Waals surface area contributed by atoms with Crippen LogP contribution in [0.2, 0.25) is 0 Å². The first kappa shape index (κ1) is 20.2. The summed E-state index contributed by atoms with van der Waals surface area (Å²) in [6, 6.07) is 22.3. The van der Waals surface area contributed by atoms with Crippen molar-refractivity contribution >= 4 is 10.9 Å². The molecule has 0 radical (unpaired) electrons. The quantitative estimate of drug-likeness (QED) is 0.333. The number of aryl methyl sites for hydroxylation is 1. The minimum atomic E-state index is -1.07. The molecule has 0 fully saturated rings. The third-order valence-corrected chi connectivity index (χ3v) is 5.48. The van der Waals surface area contributed by atoms with Gasteiger partial charge in [0.1, 0.15) is 17.8 Å².